The summed E-state index contributed by atoms with van der Waals surface area (Å²) < 4.78 is 10.1. The van der Waals surface area contributed by atoms with E-state index in [4.69, 9.17) is 9.47 Å². The zero-order valence-corrected chi connectivity index (χ0v) is 10.5. The van der Waals surface area contributed by atoms with Crippen LogP contribution in [0.25, 0.3) is 0 Å². The van der Waals surface area contributed by atoms with Crippen LogP contribution < -0.4 is 14.8 Å². The van der Waals surface area contributed by atoms with Gasteiger partial charge in [0.2, 0.25) is 5.88 Å². The standard InChI is InChI=1S/C14H14N2O3/c1-18-13-9-11(7-8-15-13)10-16-14(17)19-12-5-3-2-4-6-12/h2-9H,10H2,1H3,(H,16,17). The molecule has 2 rings (SSSR count). The molecule has 1 N–H and O–H groups in total. The van der Waals surface area contributed by atoms with E-state index in [9.17, 15) is 4.79 Å². The second-order valence-corrected chi connectivity index (χ2v) is 3.76. The Bertz CT molecular complexity index is 543. The van der Waals surface area contributed by atoms with Gasteiger partial charge in [-0.2, -0.15) is 0 Å². The molecule has 5 nitrogen and oxygen atoms in total. The third kappa shape index (κ3) is 3.99. The number of benzene rings is 1. The Hall–Kier alpha value is -2.56. The van der Waals surface area contributed by atoms with Gasteiger partial charge in [-0.05, 0) is 23.8 Å². The van der Waals surface area contributed by atoms with Crippen molar-refractivity contribution in [3.63, 3.8) is 0 Å². The van der Waals surface area contributed by atoms with E-state index in [1.807, 2.05) is 6.07 Å². The number of nitrogens with zero attached hydrogens (tertiary/aromatic N) is 1. The lowest BCUT2D eigenvalue weighted by Gasteiger charge is -2.07. The Morgan fingerprint density at radius 3 is 2.79 bits per heavy atom. The number of hydrogen-bond donors (Lipinski definition) is 1. The van der Waals surface area contributed by atoms with Gasteiger partial charge in [-0.25, -0.2) is 9.78 Å². The number of hydrogen-bond acceptors (Lipinski definition) is 4. The molecule has 0 atom stereocenters. The summed E-state index contributed by atoms with van der Waals surface area (Å²) in [6, 6.07) is 12.4. The highest BCUT2D eigenvalue weighted by molar-refractivity contribution is 5.70. The summed E-state index contributed by atoms with van der Waals surface area (Å²) in [6.07, 6.45) is 1.13. The maximum Gasteiger partial charge on any atom is 0.412 e. The van der Waals surface area contributed by atoms with E-state index in [1.54, 1.807) is 49.7 Å². The van der Waals surface area contributed by atoms with E-state index in [0.717, 1.165) is 5.56 Å². The van der Waals surface area contributed by atoms with E-state index in [0.29, 0.717) is 18.2 Å². The van der Waals surface area contributed by atoms with Gasteiger partial charge in [0.05, 0.1) is 7.11 Å². The molecule has 19 heavy (non-hydrogen) atoms. The van der Waals surface area contributed by atoms with Crippen LogP contribution in [-0.4, -0.2) is 18.2 Å². The highest BCUT2D eigenvalue weighted by Crippen LogP contribution is 2.10. The minimum Gasteiger partial charge on any atom is -0.481 e. The Labute approximate surface area is 111 Å². The molecule has 0 bridgehead atoms. The monoisotopic (exact) mass is 258 g/mol. The second kappa shape index (κ2) is 6.39. The van der Waals surface area contributed by atoms with Gasteiger partial charge in [0, 0.05) is 18.8 Å². The number of methoxy groups -OCH3 is 1. The average Bonchev–Trinajstić information content (AvgIpc) is 2.46. The third-order valence-corrected chi connectivity index (χ3v) is 2.40. The van der Waals surface area contributed by atoms with Crippen LogP contribution in [0.15, 0.2) is 48.7 Å². The molecule has 0 fully saturated rings. The minimum absolute atomic E-state index is 0.352. The molecular formula is C14H14N2O3. The van der Waals surface area contributed by atoms with Crippen molar-refractivity contribution < 1.29 is 14.3 Å². The van der Waals surface area contributed by atoms with Crippen LogP contribution in [0.2, 0.25) is 0 Å². The molecule has 0 aliphatic rings. The number of amides is 1. The van der Waals surface area contributed by atoms with Crippen LogP contribution >= 0.6 is 0 Å². The van der Waals surface area contributed by atoms with Crippen LogP contribution in [0.5, 0.6) is 11.6 Å². The van der Waals surface area contributed by atoms with Crippen molar-refractivity contribution in [1.29, 1.82) is 0 Å². The number of carbonyl (C=O) groups is 1. The quantitative estimate of drug-likeness (QED) is 0.914. The molecule has 0 radical (unpaired) electrons. The molecular weight excluding hydrogens is 244 g/mol. The summed E-state index contributed by atoms with van der Waals surface area (Å²) in [5.74, 6) is 1.02. The molecule has 0 aliphatic heterocycles. The molecule has 1 heterocycles. The van der Waals surface area contributed by atoms with Gasteiger partial charge in [-0.15, -0.1) is 0 Å². The number of ether oxygens (including phenoxy) is 2. The molecule has 1 amide bonds. The van der Waals surface area contributed by atoms with E-state index in [1.165, 1.54) is 0 Å². The number of nitrogens with one attached hydrogen (secondary N) is 1. The Balaban J connectivity index is 1.86. The molecule has 0 saturated heterocycles. The van der Waals surface area contributed by atoms with Crippen molar-refractivity contribution in [2.45, 2.75) is 6.54 Å². The van der Waals surface area contributed by atoms with Crippen LogP contribution in [0, 0.1) is 0 Å². The summed E-state index contributed by atoms with van der Waals surface area (Å²) in [5.41, 5.74) is 0.886. The average molecular weight is 258 g/mol. The minimum atomic E-state index is -0.498. The third-order valence-electron chi connectivity index (χ3n) is 2.40. The van der Waals surface area contributed by atoms with Crippen molar-refractivity contribution in [2.75, 3.05) is 7.11 Å². The van der Waals surface area contributed by atoms with Gasteiger partial charge in [0.15, 0.2) is 0 Å². The van der Waals surface area contributed by atoms with Crippen molar-refractivity contribution in [2.24, 2.45) is 0 Å². The molecule has 98 valence electrons. The Morgan fingerprint density at radius 2 is 2.05 bits per heavy atom. The van der Waals surface area contributed by atoms with E-state index >= 15 is 0 Å². The fraction of sp³-hybridized carbons (Fsp3) is 0.143. The molecule has 1 aromatic carbocycles. The number of pyridine rings is 1. The number of para-hydroxylation sites is 1. The highest BCUT2D eigenvalue weighted by Gasteiger charge is 2.04. The number of carbonyl (C=O) groups excluding carboxylic acids is 1. The summed E-state index contributed by atoms with van der Waals surface area (Å²) in [6.45, 7) is 0.352. The second-order valence-electron chi connectivity index (χ2n) is 3.76. The van der Waals surface area contributed by atoms with Gasteiger partial charge in [-0.1, -0.05) is 18.2 Å². The van der Waals surface area contributed by atoms with E-state index < -0.39 is 6.09 Å². The van der Waals surface area contributed by atoms with Crippen molar-refractivity contribution in [3.05, 3.63) is 54.2 Å². The van der Waals surface area contributed by atoms with Crippen LogP contribution in [0.1, 0.15) is 5.56 Å². The first kappa shape index (κ1) is 12.9. The maximum absolute atomic E-state index is 11.6. The normalized spacial score (nSPS) is 9.74. The molecule has 2 aromatic rings. The van der Waals surface area contributed by atoms with Crippen LogP contribution in [0.4, 0.5) is 4.79 Å². The summed E-state index contributed by atoms with van der Waals surface area (Å²) >= 11 is 0. The molecule has 0 spiro atoms. The lowest BCUT2D eigenvalue weighted by Crippen LogP contribution is -2.26. The summed E-state index contributed by atoms with van der Waals surface area (Å²) in [5, 5.41) is 2.65. The van der Waals surface area contributed by atoms with Gasteiger partial charge < -0.3 is 14.8 Å². The first-order valence-electron chi connectivity index (χ1n) is 5.77. The molecule has 0 aliphatic carbocycles. The number of rotatable bonds is 4. The predicted molar refractivity (Wildman–Crippen MR) is 70.1 cm³/mol. The SMILES string of the molecule is COc1cc(CNC(=O)Oc2ccccc2)ccn1. The lowest BCUT2D eigenvalue weighted by atomic mass is 10.2. The lowest BCUT2D eigenvalue weighted by molar-refractivity contribution is 0.200. The largest absolute Gasteiger partial charge is 0.481 e. The van der Waals surface area contributed by atoms with Crippen molar-refractivity contribution >= 4 is 6.09 Å². The zero-order valence-electron chi connectivity index (χ0n) is 10.5. The van der Waals surface area contributed by atoms with Gasteiger partial charge >= 0.3 is 6.09 Å². The van der Waals surface area contributed by atoms with Crippen molar-refractivity contribution in [1.82, 2.24) is 10.3 Å². The van der Waals surface area contributed by atoms with E-state index in [-0.39, 0.29) is 0 Å². The molecule has 1 aromatic heterocycles. The zero-order chi connectivity index (χ0) is 13.5. The Kier molecular flexibility index (Phi) is 4.34. The molecule has 5 heteroatoms. The molecule has 0 unspecified atom stereocenters. The van der Waals surface area contributed by atoms with Gasteiger partial charge in [-0.3, -0.25) is 0 Å². The summed E-state index contributed by atoms with van der Waals surface area (Å²) in [7, 11) is 1.54. The molecule has 0 saturated carbocycles. The maximum atomic E-state index is 11.6. The predicted octanol–water partition coefficient (Wildman–Crippen LogP) is 2.38. The topological polar surface area (TPSA) is 60.5 Å². The fourth-order valence-corrected chi connectivity index (χ4v) is 1.48. The van der Waals surface area contributed by atoms with E-state index in [2.05, 4.69) is 10.3 Å². The Morgan fingerprint density at radius 1 is 1.26 bits per heavy atom. The smallest absolute Gasteiger partial charge is 0.412 e. The van der Waals surface area contributed by atoms with Gasteiger partial charge in [0.1, 0.15) is 5.75 Å². The van der Waals surface area contributed by atoms with Crippen LogP contribution in [-0.2, 0) is 6.54 Å². The highest BCUT2D eigenvalue weighted by atomic mass is 16.6. The fourth-order valence-electron chi connectivity index (χ4n) is 1.48. The van der Waals surface area contributed by atoms with Crippen molar-refractivity contribution in [3.8, 4) is 11.6 Å². The van der Waals surface area contributed by atoms with Crippen LogP contribution in [0.3, 0.4) is 0 Å². The van der Waals surface area contributed by atoms with Gasteiger partial charge in [0.25, 0.3) is 0 Å². The summed E-state index contributed by atoms with van der Waals surface area (Å²) in [4.78, 5) is 15.5. The first-order valence-corrected chi connectivity index (χ1v) is 5.77. The number of aromatic nitrogens is 1. The first-order chi connectivity index (χ1) is 9.28.